The zero-order valence-corrected chi connectivity index (χ0v) is 18.0. The molecule has 152 valence electrons. The minimum absolute atomic E-state index is 0.290. The van der Waals surface area contributed by atoms with E-state index >= 15 is 0 Å². The van der Waals surface area contributed by atoms with E-state index in [0.717, 1.165) is 30.9 Å². The zero-order chi connectivity index (χ0) is 20.5. The largest absolute Gasteiger partial charge is 0.494 e. The van der Waals surface area contributed by atoms with Gasteiger partial charge in [0.1, 0.15) is 5.75 Å². The summed E-state index contributed by atoms with van der Waals surface area (Å²) in [5.41, 5.74) is 6.21. The highest BCUT2D eigenvalue weighted by Gasteiger charge is 2.10. The van der Waals surface area contributed by atoms with Crippen LogP contribution in [0.25, 0.3) is 11.1 Å². The molecule has 0 aliphatic carbocycles. The van der Waals surface area contributed by atoms with Crippen LogP contribution in [0.15, 0.2) is 66.9 Å². The lowest BCUT2D eigenvalue weighted by atomic mass is 9.94. The highest BCUT2D eigenvalue weighted by atomic mass is 16.5. The summed E-state index contributed by atoms with van der Waals surface area (Å²) in [7, 11) is 0. The van der Waals surface area contributed by atoms with E-state index in [1.807, 2.05) is 12.1 Å². The van der Waals surface area contributed by atoms with Crippen LogP contribution in [0.3, 0.4) is 0 Å². The highest BCUT2D eigenvalue weighted by Crippen LogP contribution is 2.27. The molecule has 0 fully saturated rings. The van der Waals surface area contributed by atoms with Crippen LogP contribution < -0.4 is 4.74 Å². The molecule has 1 unspecified atom stereocenters. The summed E-state index contributed by atoms with van der Waals surface area (Å²) in [5.74, 6) is 1.23. The number of aryl methyl sites for hydroxylation is 1. The van der Waals surface area contributed by atoms with Gasteiger partial charge in [0.25, 0.3) is 0 Å². The summed E-state index contributed by atoms with van der Waals surface area (Å²) < 4.78 is 5.67. The van der Waals surface area contributed by atoms with E-state index < -0.39 is 0 Å². The van der Waals surface area contributed by atoms with E-state index in [4.69, 9.17) is 9.72 Å². The van der Waals surface area contributed by atoms with Crippen molar-refractivity contribution in [3.63, 3.8) is 0 Å². The first-order chi connectivity index (χ1) is 14.2. The highest BCUT2D eigenvalue weighted by molar-refractivity contribution is 5.64. The predicted octanol–water partition coefficient (Wildman–Crippen LogP) is 7.42. The molecular weight excluding hydrogens is 354 g/mol. The lowest BCUT2D eigenvalue weighted by Gasteiger charge is -2.13. The second kappa shape index (κ2) is 10.8. The normalized spacial score (nSPS) is 12.0. The first-order valence-corrected chi connectivity index (χ1v) is 11.0. The molecule has 3 rings (SSSR count). The van der Waals surface area contributed by atoms with Crippen LogP contribution in [0, 0.1) is 0 Å². The molecule has 0 aliphatic rings. The molecule has 0 amide bonds. The fraction of sp³-hybridized carbons (Fsp3) is 0.370. The van der Waals surface area contributed by atoms with Gasteiger partial charge in [-0.3, -0.25) is 4.98 Å². The molecule has 0 spiro atoms. The standard InChI is InChI=1S/C27H33NO/c1-4-6-7-8-22-9-18-27(28-20-22)21(3)23-10-12-24(13-11-23)25-14-16-26(17-15-25)29-19-5-2/h9-18,20-21H,4-8,19H2,1-3H3. The SMILES string of the molecule is CCCCCc1ccc(C(C)c2ccc(-c3ccc(OCCC)cc3)cc2)nc1. The van der Waals surface area contributed by atoms with Gasteiger partial charge in [0, 0.05) is 17.8 Å². The Labute approximate surface area is 176 Å². The quantitative estimate of drug-likeness (QED) is 0.338. The Kier molecular flexibility index (Phi) is 7.86. The van der Waals surface area contributed by atoms with E-state index in [-0.39, 0.29) is 0 Å². The average Bonchev–Trinajstić information content (AvgIpc) is 2.78. The van der Waals surface area contributed by atoms with Crippen molar-refractivity contribution < 1.29 is 4.74 Å². The molecule has 2 heteroatoms. The van der Waals surface area contributed by atoms with E-state index in [9.17, 15) is 0 Å². The van der Waals surface area contributed by atoms with Gasteiger partial charge in [0.2, 0.25) is 0 Å². The number of aromatic nitrogens is 1. The molecule has 3 aromatic rings. The number of benzene rings is 2. The first-order valence-electron chi connectivity index (χ1n) is 11.0. The van der Waals surface area contributed by atoms with Gasteiger partial charge in [-0.1, -0.05) is 76.1 Å². The second-order valence-electron chi connectivity index (χ2n) is 7.76. The van der Waals surface area contributed by atoms with E-state index in [1.54, 1.807) is 0 Å². The Balaban J connectivity index is 1.64. The van der Waals surface area contributed by atoms with E-state index in [2.05, 4.69) is 75.5 Å². The van der Waals surface area contributed by atoms with Crippen LogP contribution in [0.4, 0.5) is 0 Å². The minimum atomic E-state index is 0.290. The van der Waals surface area contributed by atoms with Crippen LogP contribution in [-0.4, -0.2) is 11.6 Å². The number of nitrogens with zero attached hydrogens (tertiary/aromatic N) is 1. The molecule has 1 heterocycles. The molecule has 0 bridgehead atoms. The van der Waals surface area contributed by atoms with Crippen LogP contribution >= 0.6 is 0 Å². The summed E-state index contributed by atoms with van der Waals surface area (Å²) in [6, 6.07) is 21.6. The number of rotatable bonds is 10. The maximum atomic E-state index is 5.67. The van der Waals surface area contributed by atoms with Crippen molar-refractivity contribution in [2.45, 2.75) is 58.8 Å². The van der Waals surface area contributed by atoms with Gasteiger partial charge in [0.05, 0.1) is 6.61 Å². The van der Waals surface area contributed by atoms with Gasteiger partial charge < -0.3 is 4.74 Å². The Hall–Kier alpha value is -2.61. The third kappa shape index (κ3) is 5.93. The molecule has 0 N–H and O–H groups in total. The van der Waals surface area contributed by atoms with Crippen molar-refractivity contribution in [1.29, 1.82) is 0 Å². The number of ether oxygens (including phenoxy) is 1. The Morgan fingerprint density at radius 2 is 1.48 bits per heavy atom. The van der Waals surface area contributed by atoms with Crippen molar-refractivity contribution >= 4 is 0 Å². The predicted molar refractivity (Wildman–Crippen MR) is 123 cm³/mol. The van der Waals surface area contributed by atoms with Gasteiger partial charge in [-0.15, -0.1) is 0 Å². The Morgan fingerprint density at radius 1 is 0.793 bits per heavy atom. The van der Waals surface area contributed by atoms with Crippen LogP contribution in [0.1, 0.15) is 69.2 Å². The fourth-order valence-electron chi connectivity index (χ4n) is 3.52. The molecule has 0 saturated carbocycles. The molecule has 1 atom stereocenters. The zero-order valence-electron chi connectivity index (χ0n) is 18.0. The molecule has 0 radical (unpaired) electrons. The maximum absolute atomic E-state index is 5.67. The van der Waals surface area contributed by atoms with Crippen LogP contribution in [0.5, 0.6) is 5.75 Å². The van der Waals surface area contributed by atoms with Crippen molar-refractivity contribution in [2.75, 3.05) is 6.61 Å². The van der Waals surface area contributed by atoms with E-state index in [0.29, 0.717) is 5.92 Å². The number of pyridine rings is 1. The molecule has 2 nitrogen and oxygen atoms in total. The third-order valence-corrected chi connectivity index (χ3v) is 5.43. The van der Waals surface area contributed by atoms with Crippen molar-refractivity contribution in [1.82, 2.24) is 4.98 Å². The molecule has 0 aliphatic heterocycles. The van der Waals surface area contributed by atoms with Gasteiger partial charge >= 0.3 is 0 Å². The fourth-order valence-corrected chi connectivity index (χ4v) is 3.52. The van der Waals surface area contributed by atoms with Gasteiger partial charge in [-0.05, 0) is 59.7 Å². The van der Waals surface area contributed by atoms with Gasteiger partial charge in [-0.2, -0.15) is 0 Å². The average molecular weight is 388 g/mol. The molecule has 0 saturated heterocycles. The van der Waals surface area contributed by atoms with Crippen LogP contribution in [0.2, 0.25) is 0 Å². The summed E-state index contributed by atoms with van der Waals surface area (Å²) >= 11 is 0. The monoisotopic (exact) mass is 387 g/mol. The molecule has 2 aromatic carbocycles. The van der Waals surface area contributed by atoms with Gasteiger partial charge in [-0.25, -0.2) is 0 Å². The smallest absolute Gasteiger partial charge is 0.119 e. The molecule has 1 aromatic heterocycles. The summed E-state index contributed by atoms with van der Waals surface area (Å²) in [6.07, 6.45) is 8.01. The molecule has 29 heavy (non-hydrogen) atoms. The Bertz CT molecular complexity index is 851. The number of unbranched alkanes of at least 4 members (excludes halogenated alkanes) is 2. The lowest BCUT2D eigenvalue weighted by Crippen LogP contribution is -2.00. The minimum Gasteiger partial charge on any atom is -0.494 e. The van der Waals surface area contributed by atoms with E-state index in [1.165, 1.54) is 41.5 Å². The first kappa shape index (κ1) is 21.1. The van der Waals surface area contributed by atoms with Gasteiger partial charge in [0.15, 0.2) is 0 Å². The van der Waals surface area contributed by atoms with Crippen molar-refractivity contribution in [3.05, 3.63) is 83.7 Å². The number of hydrogen-bond acceptors (Lipinski definition) is 2. The third-order valence-electron chi connectivity index (χ3n) is 5.43. The summed E-state index contributed by atoms with van der Waals surface area (Å²) in [5, 5.41) is 0. The summed E-state index contributed by atoms with van der Waals surface area (Å²) in [6.45, 7) is 7.35. The Morgan fingerprint density at radius 3 is 2.07 bits per heavy atom. The summed E-state index contributed by atoms with van der Waals surface area (Å²) in [4.78, 5) is 4.73. The van der Waals surface area contributed by atoms with Crippen molar-refractivity contribution in [2.24, 2.45) is 0 Å². The van der Waals surface area contributed by atoms with Crippen LogP contribution in [-0.2, 0) is 6.42 Å². The lowest BCUT2D eigenvalue weighted by molar-refractivity contribution is 0.317. The maximum Gasteiger partial charge on any atom is 0.119 e. The number of hydrogen-bond donors (Lipinski definition) is 0. The topological polar surface area (TPSA) is 22.1 Å². The molecular formula is C27H33NO. The second-order valence-corrected chi connectivity index (χ2v) is 7.76. The van der Waals surface area contributed by atoms with Crippen molar-refractivity contribution in [3.8, 4) is 16.9 Å².